The van der Waals surface area contributed by atoms with Gasteiger partial charge in [-0.25, -0.2) is 0 Å². The molecule has 0 heterocycles. The maximum absolute atomic E-state index is 5.71. The summed E-state index contributed by atoms with van der Waals surface area (Å²) in [6.45, 7) is 9.59. The summed E-state index contributed by atoms with van der Waals surface area (Å²) in [5.74, 6) is 3.11. The molecule has 0 bridgehead atoms. The summed E-state index contributed by atoms with van der Waals surface area (Å²) < 4.78 is 17.0. The highest BCUT2D eigenvalue weighted by atomic mass is 127. The van der Waals surface area contributed by atoms with Gasteiger partial charge in [0.05, 0.1) is 25.9 Å². The summed E-state index contributed by atoms with van der Waals surface area (Å²) in [6, 6.07) is 6.13. The van der Waals surface area contributed by atoms with Crippen LogP contribution in [-0.2, 0) is 4.74 Å². The number of benzene rings is 1. The van der Waals surface area contributed by atoms with Gasteiger partial charge in [-0.3, -0.25) is 4.99 Å². The number of hydrogen-bond acceptors (Lipinski definition) is 4. The number of nitrogens with one attached hydrogen (secondary N) is 2. The van der Waals surface area contributed by atoms with Crippen LogP contribution in [0.4, 0.5) is 0 Å². The van der Waals surface area contributed by atoms with Gasteiger partial charge in [0, 0.05) is 20.2 Å². The number of ether oxygens (including phenoxy) is 3. The lowest BCUT2D eigenvalue weighted by atomic mass is 10.1. The van der Waals surface area contributed by atoms with E-state index in [4.69, 9.17) is 14.2 Å². The second kappa shape index (κ2) is 13.0. The van der Waals surface area contributed by atoms with Crippen molar-refractivity contribution in [3.63, 3.8) is 0 Å². The molecule has 154 valence electrons. The fraction of sp³-hybridized carbons (Fsp3) is 0.650. The van der Waals surface area contributed by atoms with E-state index in [0.717, 1.165) is 42.1 Å². The van der Waals surface area contributed by atoms with Crippen LogP contribution in [0.5, 0.6) is 11.5 Å². The van der Waals surface area contributed by atoms with Gasteiger partial charge in [-0.15, -0.1) is 24.0 Å². The molecule has 1 aromatic rings. The zero-order valence-electron chi connectivity index (χ0n) is 16.9. The summed E-state index contributed by atoms with van der Waals surface area (Å²) in [5, 5.41) is 6.70. The highest BCUT2D eigenvalue weighted by Gasteiger charge is 2.20. The van der Waals surface area contributed by atoms with Crippen LogP contribution in [0.3, 0.4) is 0 Å². The lowest BCUT2D eigenvalue weighted by Crippen LogP contribution is -2.40. The summed E-state index contributed by atoms with van der Waals surface area (Å²) in [5.41, 5.74) is 1.12. The maximum atomic E-state index is 5.71. The molecule has 1 aliphatic rings. The van der Waals surface area contributed by atoms with Crippen LogP contribution in [0.1, 0.15) is 45.2 Å². The molecule has 1 unspecified atom stereocenters. The van der Waals surface area contributed by atoms with Crippen LogP contribution in [0.15, 0.2) is 23.2 Å². The molecule has 0 spiro atoms. The Kier molecular flexibility index (Phi) is 11.5. The van der Waals surface area contributed by atoms with Crippen LogP contribution in [0.25, 0.3) is 0 Å². The van der Waals surface area contributed by atoms with Gasteiger partial charge >= 0.3 is 0 Å². The number of guanidine groups is 1. The van der Waals surface area contributed by atoms with Gasteiger partial charge in [0.15, 0.2) is 17.5 Å². The molecule has 2 N–H and O–H groups in total. The SMILES string of the molecule is CCOc1ccc(C(C)NC(=NC)NCCOCC2CC2)cc1OCC.I. The van der Waals surface area contributed by atoms with Crippen LogP contribution in [0, 0.1) is 5.92 Å². The topological polar surface area (TPSA) is 64.1 Å². The van der Waals surface area contributed by atoms with Gasteiger partial charge in [-0.05, 0) is 57.2 Å². The lowest BCUT2D eigenvalue weighted by molar-refractivity contribution is 0.129. The Bertz CT molecular complexity index is 580. The molecule has 1 fully saturated rings. The number of rotatable bonds is 11. The molecule has 0 aromatic heterocycles. The largest absolute Gasteiger partial charge is 0.490 e. The minimum atomic E-state index is 0. The predicted molar refractivity (Wildman–Crippen MR) is 121 cm³/mol. The summed E-state index contributed by atoms with van der Waals surface area (Å²) in [7, 11) is 1.77. The van der Waals surface area contributed by atoms with E-state index in [2.05, 4.69) is 28.6 Å². The minimum Gasteiger partial charge on any atom is -0.490 e. The first-order valence-corrected chi connectivity index (χ1v) is 9.62. The van der Waals surface area contributed by atoms with Crippen molar-refractivity contribution in [1.82, 2.24) is 10.6 Å². The van der Waals surface area contributed by atoms with Crippen LogP contribution >= 0.6 is 24.0 Å². The number of hydrogen-bond donors (Lipinski definition) is 2. The van der Waals surface area contributed by atoms with Gasteiger partial charge in [-0.1, -0.05) is 6.07 Å². The standard InChI is InChI=1S/C20H33N3O3.HI/c1-5-25-18-10-9-17(13-19(18)26-6-2)15(3)23-20(21-4)22-11-12-24-14-16-7-8-16;/h9-10,13,15-16H,5-8,11-12,14H2,1-4H3,(H2,21,22,23);1H. The summed E-state index contributed by atoms with van der Waals surface area (Å²) in [6.07, 6.45) is 2.64. The molecule has 0 aliphatic heterocycles. The van der Waals surface area contributed by atoms with E-state index in [1.54, 1.807) is 7.05 Å². The van der Waals surface area contributed by atoms with Gasteiger partial charge < -0.3 is 24.8 Å². The summed E-state index contributed by atoms with van der Waals surface area (Å²) in [4.78, 5) is 4.29. The highest BCUT2D eigenvalue weighted by Crippen LogP contribution is 2.30. The number of aliphatic imine (C=N–C) groups is 1. The molecule has 0 amide bonds. The first-order chi connectivity index (χ1) is 12.7. The predicted octanol–water partition coefficient (Wildman–Crippen LogP) is 3.75. The third-order valence-corrected chi connectivity index (χ3v) is 4.23. The van der Waals surface area contributed by atoms with E-state index in [1.165, 1.54) is 12.8 Å². The first kappa shape index (κ1) is 23.8. The highest BCUT2D eigenvalue weighted by molar-refractivity contribution is 14.0. The minimum absolute atomic E-state index is 0. The van der Waals surface area contributed by atoms with E-state index in [0.29, 0.717) is 19.8 Å². The van der Waals surface area contributed by atoms with Crippen molar-refractivity contribution in [3.05, 3.63) is 23.8 Å². The first-order valence-electron chi connectivity index (χ1n) is 9.62. The second-order valence-corrected chi connectivity index (χ2v) is 6.46. The van der Waals surface area contributed by atoms with Gasteiger partial charge in [0.1, 0.15) is 0 Å². The molecule has 2 rings (SSSR count). The lowest BCUT2D eigenvalue weighted by Gasteiger charge is -2.20. The normalized spacial score (nSPS) is 14.9. The van der Waals surface area contributed by atoms with E-state index < -0.39 is 0 Å². The molecular formula is C20H34IN3O3. The van der Waals surface area contributed by atoms with Crippen molar-refractivity contribution in [1.29, 1.82) is 0 Å². The molecular weight excluding hydrogens is 457 g/mol. The zero-order valence-corrected chi connectivity index (χ0v) is 19.2. The summed E-state index contributed by atoms with van der Waals surface area (Å²) >= 11 is 0. The molecule has 0 radical (unpaired) electrons. The van der Waals surface area contributed by atoms with Gasteiger partial charge in [-0.2, -0.15) is 0 Å². The molecule has 1 saturated carbocycles. The third-order valence-electron chi connectivity index (χ3n) is 4.23. The van der Waals surface area contributed by atoms with Crippen molar-refractivity contribution in [3.8, 4) is 11.5 Å². The van der Waals surface area contributed by atoms with E-state index in [1.807, 2.05) is 26.0 Å². The van der Waals surface area contributed by atoms with E-state index >= 15 is 0 Å². The van der Waals surface area contributed by atoms with Crippen molar-refractivity contribution < 1.29 is 14.2 Å². The Labute approximate surface area is 180 Å². The molecule has 1 aliphatic carbocycles. The molecule has 27 heavy (non-hydrogen) atoms. The maximum Gasteiger partial charge on any atom is 0.191 e. The average molecular weight is 491 g/mol. The van der Waals surface area contributed by atoms with Crippen molar-refractivity contribution in [2.75, 3.05) is 40.0 Å². The number of halogens is 1. The molecule has 6 nitrogen and oxygen atoms in total. The molecule has 7 heteroatoms. The average Bonchev–Trinajstić information content (AvgIpc) is 3.46. The Morgan fingerprint density at radius 1 is 1.19 bits per heavy atom. The Balaban J connectivity index is 0.00000364. The third kappa shape index (κ3) is 8.55. The van der Waals surface area contributed by atoms with Crippen molar-refractivity contribution >= 4 is 29.9 Å². The monoisotopic (exact) mass is 491 g/mol. The van der Waals surface area contributed by atoms with Gasteiger partial charge in [0.2, 0.25) is 0 Å². The smallest absolute Gasteiger partial charge is 0.191 e. The molecule has 1 aromatic carbocycles. The van der Waals surface area contributed by atoms with Gasteiger partial charge in [0.25, 0.3) is 0 Å². The van der Waals surface area contributed by atoms with E-state index in [-0.39, 0.29) is 30.0 Å². The van der Waals surface area contributed by atoms with Crippen LogP contribution < -0.4 is 20.1 Å². The van der Waals surface area contributed by atoms with Crippen molar-refractivity contribution in [2.24, 2.45) is 10.9 Å². The molecule has 0 saturated heterocycles. The second-order valence-electron chi connectivity index (χ2n) is 6.46. The van der Waals surface area contributed by atoms with Crippen LogP contribution in [0.2, 0.25) is 0 Å². The Morgan fingerprint density at radius 2 is 1.89 bits per heavy atom. The molecule has 1 atom stereocenters. The van der Waals surface area contributed by atoms with Crippen molar-refractivity contribution in [2.45, 2.75) is 39.7 Å². The number of nitrogens with zero attached hydrogens (tertiary/aromatic N) is 1. The fourth-order valence-corrected chi connectivity index (χ4v) is 2.60. The Morgan fingerprint density at radius 3 is 2.52 bits per heavy atom. The van der Waals surface area contributed by atoms with E-state index in [9.17, 15) is 0 Å². The Hall–Kier alpha value is -1.22. The zero-order chi connectivity index (χ0) is 18.8. The quantitative estimate of drug-likeness (QED) is 0.214. The van der Waals surface area contributed by atoms with Crippen LogP contribution in [-0.4, -0.2) is 46.0 Å². The fourth-order valence-electron chi connectivity index (χ4n) is 2.60.